The van der Waals surface area contributed by atoms with E-state index >= 15 is 0 Å². The van der Waals surface area contributed by atoms with Gasteiger partial charge in [0, 0.05) is 11.6 Å². The van der Waals surface area contributed by atoms with Gasteiger partial charge in [0.1, 0.15) is 0 Å². The molecule has 0 spiro atoms. The monoisotopic (exact) mass is 470 g/mol. The van der Waals surface area contributed by atoms with E-state index in [2.05, 4.69) is 33.4 Å². The van der Waals surface area contributed by atoms with Crippen LogP contribution in [0.5, 0.6) is 0 Å². The van der Waals surface area contributed by atoms with Crippen LogP contribution in [0.4, 0.5) is 0 Å². The lowest BCUT2D eigenvalue weighted by Crippen LogP contribution is -2.42. The van der Waals surface area contributed by atoms with Gasteiger partial charge in [0.2, 0.25) is 11.9 Å². The number of rotatable bonds is 3. The minimum absolute atomic E-state index is 0. The van der Waals surface area contributed by atoms with Crippen molar-refractivity contribution >= 4 is 48.2 Å². The molecule has 0 aromatic heterocycles. The van der Waals surface area contributed by atoms with Crippen molar-refractivity contribution < 1.29 is 0 Å². The number of hydrogen-bond donors (Lipinski definition) is 4. The second kappa shape index (κ2) is 10.7. The molecule has 0 aliphatic heterocycles. The predicted molar refractivity (Wildman–Crippen MR) is 133 cm³/mol. The van der Waals surface area contributed by atoms with Crippen molar-refractivity contribution in [1.29, 1.82) is 0 Å². The van der Waals surface area contributed by atoms with Crippen LogP contribution < -0.4 is 22.9 Å². The number of nitrogens with zero attached hydrogens (tertiary/aromatic N) is 4. The highest BCUT2D eigenvalue weighted by Crippen LogP contribution is 2.58. The van der Waals surface area contributed by atoms with E-state index in [1.54, 1.807) is 5.57 Å². The topological polar surface area (TPSA) is 154 Å². The first-order valence-corrected chi connectivity index (χ1v) is 10.9. The molecular formula is C21H36Cl2N8. The van der Waals surface area contributed by atoms with Gasteiger partial charge in [-0.25, -0.2) is 0 Å². The molecule has 10 heteroatoms. The fraction of sp³-hybridized carbons (Fsp3) is 0.714. The van der Waals surface area contributed by atoms with Crippen molar-refractivity contribution in [3.05, 3.63) is 11.6 Å². The van der Waals surface area contributed by atoms with E-state index in [-0.39, 0.29) is 36.7 Å². The van der Waals surface area contributed by atoms with Gasteiger partial charge in [-0.05, 0) is 94.0 Å². The van der Waals surface area contributed by atoms with E-state index in [0.717, 1.165) is 41.5 Å². The van der Waals surface area contributed by atoms with Gasteiger partial charge in [-0.1, -0.05) is 5.57 Å². The zero-order valence-corrected chi connectivity index (χ0v) is 19.7. The van der Waals surface area contributed by atoms with Gasteiger partial charge in [0.25, 0.3) is 0 Å². The summed E-state index contributed by atoms with van der Waals surface area (Å²) in [4.78, 5) is 0. The Labute approximate surface area is 197 Å². The highest BCUT2D eigenvalue weighted by molar-refractivity contribution is 5.96. The first kappa shape index (κ1) is 25.5. The average molecular weight is 471 g/mol. The zero-order valence-electron chi connectivity index (χ0n) is 18.1. The van der Waals surface area contributed by atoms with Gasteiger partial charge in [0.05, 0.1) is 5.71 Å². The van der Waals surface area contributed by atoms with Gasteiger partial charge >= 0.3 is 0 Å². The van der Waals surface area contributed by atoms with Gasteiger partial charge in [-0.15, -0.1) is 35.0 Å². The maximum Gasteiger partial charge on any atom is 0.211 e. The average Bonchev–Trinajstić information content (AvgIpc) is 3.14. The maximum atomic E-state index is 5.45. The van der Waals surface area contributed by atoms with Crippen LogP contribution in [0.1, 0.15) is 58.3 Å². The number of halogens is 2. The Balaban J connectivity index is 0.00000171. The summed E-state index contributed by atoms with van der Waals surface area (Å²) in [7, 11) is 0. The van der Waals surface area contributed by atoms with Crippen LogP contribution >= 0.6 is 24.8 Å². The predicted octanol–water partition coefficient (Wildman–Crippen LogP) is 2.91. The molecule has 4 aliphatic rings. The molecular weight excluding hydrogens is 435 g/mol. The van der Waals surface area contributed by atoms with Crippen LogP contribution in [0.2, 0.25) is 0 Å². The molecule has 0 aromatic carbocycles. The molecule has 0 saturated heterocycles. The van der Waals surface area contributed by atoms with E-state index in [4.69, 9.17) is 22.9 Å². The lowest BCUT2D eigenvalue weighted by molar-refractivity contribution is 0.0463. The Hall–Kier alpha value is -1.80. The van der Waals surface area contributed by atoms with Gasteiger partial charge in [-0.2, -0.15) is 10.2 Å². The molecule has 3 fully saturated rings. The normalized spacial score (nSPS) is 35.3. The largest absolute Gasteiger partial charge is 0.369 e. The first-order valence-electron chi connectivity index (χ1n) is 10.9. The summed E-state index contributed by atoms with van der Waals surface area (Å²) in [6.07, 6.45) is 12.0. The summed E-state index contributed by atoms with van der Waals surface area (Å²) in [5.74, 6) is 4.52. The van der Waals surface area contributed by atoms with E-state index in [9.17, 15) is 0 Å². The van der Waals surface area contributed by atoms with Crippen LogP contribution in [0, 0.1) is 35.5 Å². The first-order chi connectivity index (χ1) is 13.9. The molecule has 0 heterocycles. The Bertz CT molecular complexity index is 795. The third kappa shape index (κ3) is 5.34. The summed E-state index contributed by atoms with van der Waals surface area (Å²) in [6, 6.07) is 0. The zero-order chi connectivity index (χ0) is 20.5. The van der Waals surface area contributed by atoms with Crippen LogP contribution in [-0.4, -0.2) is 23.3 Å². The molecule has 6 atom stereocenters. The Kier molecular flexibility index (Phi) is 8.77. The summed E-state index contributed by atoms with van der Waals surface area (Å²) in [6.45, 7) is 2.09. The summed E-state index contributed by atoms with van der Waals surface area (Å²) < 4.78 is 0. The van der Waals surface area contributed by atoms with E-state index in [1.807, 2.05) is 0 Å². The van der Waals surface area contributed by atoms with Gasteiger partial charge < -0.3 is 22.9 Å². The lowest BCUT2D eigenvalue weighted by Gasteiger charge is -2.49. The molecule has 4 rings (SSSR count). The number of nitrogens with two attached hydrogens (primary N) is 4. The van der Waals surface area contributed by atoms with Crippen molar-refractivity contribution in [3.63, 3.8) is 0 Å². The van der Waals surface area contributed by atoms with Crippen molar-refractivity contribution in [2.75, 3.05) is 0 Å². The molecule has 0 amide bonds. The van der Waals surface area contributed by atoms with Crippen LogP contribution in [0.15, 0.2) is 32.1 Å². The number of guanidine groups is 2. The quantitative estimate of drug-likeness (QED) is 0.284. The standard InChI is InChI=1S/C21H34N8.2ClH/c1-11(26-28-20(22)23)14-6-7-19-16(14)8-9-17-15-5-3-13(27-29-21(24)25)10-12(15)2-4-18(17)19;;/h10,14-19H,2-9H2,1H3,(H4,22,23,28)(H4,24,25,29);2*1H/b26-11+,27-13-;;. The summed E-state index contributed by atoms with van der Waals surface area (Å²) >= 11 is 0. The minimum Gasteiger partial charge on any atom is -0.369 e. The summed E-state index contributed by atoms with van der Waals surface area (Å²) in [5, 5.41) is 16.3. The lowest BCUT2D eigenvalue weighted by atomic mass is 9.55. The Morgan fingerprint density at radius 1 is 0.742 bits per heavy atom. The molecule has 8 N–H and O–H groups in total. The number of hydrogen-bond acceptors (Lipinski definition) is 4. The molecule has 0 bridgehead atoms. The molecule has 174 valence electrons. The third-order valence-electron chi connectivity index (χ3n) is 7.79. The van der Waals surface area contributed by atoms with Crippen LogP contribution in [0.25, 0.3) is 0 Å². The fourth-order valence-corrected chi connectivity index (χ4v) is 6.78. The Morgan fingerprint density at radius 2 is 1.39 bits per heavy atom. The summed E-state index contributed by atoms with van der Waals surface area (Å²) in [5.41, 5.74) is 25.4. The van der Waals surface area contributed by atoms with Crippen molar-refractivity contribution in [2.45, 2.75) is 58.3 Å². The molecule has 0 aromatic rings. The molecule has 4 aliphatic carbocycles. The smallest absolute Gasteiger partial charge is 0.211 e. The van der Waals surface area contributed by atoms with Crippen molar-refractivity contribution in [1.82, 2.24) is 0 Å². The van der Waals surface area contributed by atoms with E-state index in [1.165, 1.54) is 44.9 Å². The van der Waals surface area contributed by atoms with Crippen molar-refractivity contribution in [3.8, 4) is 0 Å². The highest BCUT2D eigenvalue weighted by Gasteiger charge is 2.50. The van der Waals surface area contributed by atoms with Gasteiger partial charge in [-0.3, -0.25) is 0 Å². The van der Waals surface area contributed by atoms with Gasteiger partial charge in [0.15, 0.2) is 0 Å². The second-order valence-electron chi connectivity index (χ2n) is 9.20. The molecule has 3 saturated carbocycles. The number of fused-ring (bicyclic) bond motifs is 5. The maximum absolute atomic E-state index is 5.45. The highest BCUT2D eigenvalue weighted by atomic mass is 35.5. The second-order valence-corrected chi connectivity index (χ2v) is 9.20. The van der Waals surface area contributed by atoms with E-state index < -0.39 is 0 Å². The number of allylic oxidation sites excluding steroid dienone is 2. The molecule has 8 nitrogen and oxygen atoms in total. The molecule has 31 heavy (non-hydrogen) atoms. The fourth-order valence-electron chi connectivity index (χ4n) is 6.78. The van der Waals surface area contributed by atoms with E-state index in [0.29, 0.717) is 11.8 Å². The molecule has 0 radical (unpaired) electrons. The van der Waals surface area contributed by atoms with Crippen molar-refractivity contribution in [2.24, 2.45) is 78.8 Å². The van der Waals surface area contributed by atoms with Crippen LogP contribution in [0.3, 0.4) is 0 Å². The molecule has 6 unspecified atom stereocenters. The van der Waals surface area contributed by atoms with Crippen LogP contribution in [-0.2, 0) is 0 Å². The Morgan fingerprint density at radius 3 is 2.10 bits per heavy atom. The third-order valence-corrected chi connectivity index (χ3v) is 7.79. The minimum atomic E-state index is 0. The SMILES string of the molecule is C/C(=N\N=C(N)N)C1CCC2C1CCC1C3CC/C(=N/N=C(N)N)C=C3CCC12.Cl.Cl.